The van der Waals surface area contributed by atoms with Gasteiger partial charge in [0.25, 0.3) is 0 Å². The van der Waals surface area contributed by atoms with Gasteiger partial charge in [-0.2, -0.15) is 9.36 Å². The topological polar surface area (TPSA) is 53.9 Å². The van der Waals surface area contributed by atoms with Crippen molar-refractivity contribution >= 4 is 22.5 Å². The van der Waals surface area contributed by atoms with E-state index in [1.54, 1.807) is 0 Å². The summed E-state index contributed by atoms with van der Waals surface area (Å²) in [7, 11) is 0. The summed E-state index contributed by atoms with van der Waals surface area (Å²) in [5.41, 5.74) is 2.25. The van der Waals surface area contributed by atoms with Crippen LogP contribution in [0, 0.1) is 0 Å². The second-order valence-electron chi connectivity index (χ2n) is 5.86. The zero-order chi connectivity index (χ0) is 16.2. The molecule has 1 aromatic carbocycles. The van der Waals surface area contributed by atoms with Crippen LogP contribution in [0.2, 0.25) is 0 Å². The van der Waals surface area contributed by atoms with Crippen molar-refractivity contribution in [3.05, 3.63) is 54.2 Å². The van der Waals surface area contributed by atoms with Gasteiger partial charge in [-0.1, -0.05) is 30.3 Å². The van der Waals surface area contributed by atoms with E-state index in [1.807, 2.05) is 42.6 Å². The van der Waals surface area contributed by atoms with E-state index in [2.05, 4.69) is 30.6 Å². The first-order chi connectivity index (χ1) is 11.9. The number of hydrogen-bond acceptors (Lipinski definition) is 6. The van der Waals surface area contributed by atoms with Gasteiger partial charge >= 0.3 is 0 Å². The first kappa shape index (κ1) is 15.1. The Bertz CT molecular complexity index is 796. The number of anilines is 2. The van der Waals surface area contributed by atoms with Crippen molar-refractivity contribution in [3.63, 3.8) is 0 Å². The quantitative estimate of drug-likeness (QED) is 0.767. The molecule has 1 N–H and O–H groups in total. The lowest BCUT2D eigenvalue weighted by atomic mass is 10.2. The van der Waals surface area contributed by atoms with Crippen LogP contribution in [-0.4, -0.2) is 27.4 Å². The third-order valence-corrected chi connectivity index (χ3v) is 4.81. The molecule has 1 fully saturated rings. The van der Waals surface area contributed by atoms with Crippen molar-refractivity contribution in [1.29, 1.82) is 0 Å². The zero-order valence-corrected chi connectivity index (χ0v) is 14.2. The number of rotatable bonds is 5. The third-order valence-electron chi connectivity index (χ3n) is 4.14. The molecule has 0 spiro atoms. The summed E-state index contributed by atoms with van der Waals surface area (Å²) in [6.45, 7) is 2.95. The molecule has 2 aromatic heterocycles. The molecule has 0 bridgehead atoms. The van der Waals surface area contributed by atoms with E-state index in [0.717, 1.165) is 42.0 Å². The number of aromatic nitrogens is 3. The lowest BCUT2D eigenvalue weighted by Gasteiger charge is -2.16. The second-order valence-corrected chi connectivity index (χ2v) is 6.61. The molecule has 0 atom stereocenters. The van der Waals surface area contributed by atoms with Crippen LogP contribution < -0.4 is 10.2 Å². The Morgan fingerprint density at radius 3 is 2.75 bits per heavy atom. The van der Waals surface area contributed by atoms with Crippen LogP contribution in [0.25, 0.3) is 11.4 Å². The van der Waals surface area contributed by atoms with E-state index < -0.39 is 0 Å². The maximum Gasteiger partial charge on any atom is 0.203 e. The molecule has 3 heterocycles. The highest BCUT2D eigenvalue weighted by atomic mass is 32.1. The molecule has 24 heavy (non-hydrogen) atoms. The largest absolute Gasteiger partial charge is 0.357 e. The van der Waals surface area contributed by atoms with Crippen LogP contribution >= 0.6 is 11.5 Å². The Hall–Kier alpha value is -2.47. The molecule has 122 valence electrons. The molecule has 6 heteroatoms. The fraction of sp³-hybridized carbons (Fsp3) is 0.278. The average molecular weight is 337 g/mol. The Balaban J connectivity index is 1.42. The molecule has 0 unspecified atom stereocenters. The van der Waals surface area contributed by atoms with Crippen molar-refractivity contribution in [1.82, 2.24) is 14.3 Å². The Morgan fingerprint density at radius 2 is 1.92 bits per heavy atom. The van der Waals surface area contributed by atoms with Gasteiger partial charge in [0, 0.05) is 42.9 Å². The highest BCUT2D eigenvalue weighted by molar-refractivity contribution is 7.09. The van der Waals surface area contributed by atoms with E-state index in [1.165, 1.54) is 29.9 Å². The molecule has 0 radical (unpaired) electrons. The van der Waals surface area contributed by atoms with Gasteiger partial charge < -0.3 is 10.2 Å². The predicted molar refractivity (Wildman–Crippen MR) is 98.4 cm³/mol. The highest BCUT2D eigenvalue weighted by Crippen LogP contribution is 2.22. The van der Waals surface area contributed by atoms with Crippen molar-refractivity contribution in [2.45, 2.75) is 19.4 Å². The molecule has 3 aromatic rings. The maximum atomic E-state index is 4.57. The number of hydrogen-bond donors (Lipinski definition) is 1. The van der Waals surface area contributed by atoms with Crippen LogP contribution in [0.3, 0.4) is 0 Å². The van der Waals surface area contributed by atoms with Crippen LogP contribution in [0.5, 0.6) is 0 Å². The van der Waals surface area contributed by atoms with Gasteiger partial charge in [0.05, 0.1) is 0 Å². The minimum atomic E-state index is 0.729. The summed E-state index contributed by atoms with van der Waals surface area (Å²) in [4.78, 5) is 11.4. The van der Waals surface area contributed by atoms with E-state index in [4.69, 9.17) is 0 Å². The molecule has 5 nitrogen and oxygen atoms in total. The molecule has 0 amide bonds. The Labute approximate surface area is 145 Å². The van der Waals surface area contributed by atoms with E-state index in [0.29, 0.717) is 0 Å². The smallest absolute Gasteiger partial charge is 0.203 e. The van der Waals surface area contributed by atoms with Crippen LogP contribution in [0.4, 0.5) is 10.9 Å². The van der Waals surface area contributed by atoms with Crippen LogP contribution in [0.15, 0.2) is 48.7 Å². The highest BCUT2D eigenvalue weighted by Gasteiger charge is 2.13. The summed E-state index contributed by atoms with van der Waals surface area (Å²) < 4.78 is 4.43. The van der Waals surface area contributed by atoms with Gasteiger partial charge in [0.1, 0.15) is 5.82 Å². The fourth-order valence-electron chi connectivity index (χ4n) is 2.87. The number of benzene rings is 1. The minimum absolute atomic E-state index is 0.729. The predicted octanol–water partition coefficient (Wildman–Crippen LogP) is 3.81. The standard InChI is InChI=1S/C18H19N5S/c1-2-6-15(7-3-1)17-21-18(24-22-17)20-13-14-8-9-19-16(12-14)23-10-4-5-11-23/h1-3,6-9,12H,4-5,10-11,13H2,(H,20,21,22). The van der Waals surface area contributed by atoms with Gasteiger partial charge in [-0.15, -0.1) is 0 Å². The SMILES string of the molecule is c1ccc(-c2nsc(NCc3ccnc(N4CCCC4)c3)n2)cc1. The molecule has 4 rings (SSSR count). The maximum absolute atomic E-state index is 4.57. The van der Waals surface area contributed by atoms with Crippen molar-refractivity contribution < 1.29 is 0 Å². The third kappa shape index (κ3) is 3.38. The number of nitrogens with one attached hydrogen (secondary N) is 1. The summed E-state index contributed by atoms with van der Waals surface area (Å²) in [5, 5.41) is 4.21. The molecular formula is C18H19N5S. The average Bonchev–Trinajstić information content (AvgIpc) is 3.33. The van der Waals surface area contributed by atoms with Crippen LogP contribution in [-0.2, 0) is 6.54 Å². The summed E-state index contributed by atoms with van der Waals surface area (Å²) >= 11 is 1.39. The normalized spacial score (nSPS) is 14.1. The van der Waals surface area contributed by atoms with Crippen LogP contribution in [0.1, 0.15) is 18.4 Å². The van der Waals surface area contributed by atoms with Crippen molar-refractivity contribution in [2.24, 2.45) is 0 Å². The molecule has 0 saturated carbocycles. The molecule has 1 saturated heterocycles. The number of nitrogens with zero attached hydrogens (tertiary/aromatic N) is 4. The van der Waals surface area contributed by atoms with Gasteiger partial charge in [-0.3, -0.25) is 0 Å². The van der Waals surface area contributed by atoms with Gasteiger partial charge in [-0.05, 0) is 30.5 Å². The Morgan fingerprint density at radius 1 is 1.08 bits per heavy atom. The molecule has 0 aliphatic carbocycles. The summed E-state index contributed by atoms with van der Waals surface area (Å²) in [6, 6.07) is 14.3. The van der Waals surface area contributed by atoms with Gasteiger partial charge in [0.15, 0.2) is 5.82 Å². The zero-order valence-electron chi connectivity index (χ0n) is 13.4. The van der Waals surface area contributed by atoms with Crippen molar-refractivity contribution in [3.8, 4) is 11.4 Å². The van der Waals surface area contributed by atoms with E-state index >= 15 is 0 Å². The molecule has 1 aliphatic rings. The summed E-state index contributed by atoms with van der Waals surface area (Å²) in [6.07, 6.45) is 4.41. The first-order valence-corrected chi connectivity index (χ1v) is 8.99. The molecule has 1 aliphatic heterocycles. The van der Waals surface area contributed by atoms with E-state index in [9.17, 15) is 0 Å². The number of pyridine rings is 1. The fourth-order valence-corrected chi connectivity index (χ4v) is 3.45. The van der Waals surface area contributed by atoms with E-state index in [-0.39, 0.29) is 0 Å². The molecular weight excluding hydrogens is 318 g/mol. The first-order valence-electron chi connectivity index (χ1n) is 8.21. The lowest BCUT2D eigenvalue weighted by Crippen LogP contribution is -2.19. The lowest BCUT2D eigenvalue weighted by molar-refractivity contribution is 0.931. The minimum Gasteiger partial charge on any atom is -0.357 e. The monoisotopic (exact) mass is 337 g/mol. The Kier molecular flexibility index (Phi) is 4.38. The summed E-state index contributed by atoms with van der Waals surface area (Å²) in [5.74, 6) is 1.85. The van der Waals surface area contributed by atoms with Crippen molar-refractivity contribution in [2.75, 3.05) is 23.3 Å². The van der Waals surface area contributed by atoms with Gasteiger partial charge in [0.2, 0.25) is 5.13 Å². The van der Waals surface area contributed by atoms with Gasteiger partial charge in [-0.25, -0.2) is 4.98 Å². The second kappa shape index (κ2) is 6.97.